The minimum absolute atomic E-state index is 0.210. The second kappa shape index (κ2) is 7.71. The van der Waals surface area contributed by atoms with Gasteiger partial charge in [-0.3, -0.25) is 4.79 Å². The van der Waals surface area contributed by atoms with Gasteiger partial charge in [-0.15, -0.1) is 0 Å². The number of nitriles is 1. The predicted molar refractivity (Wildman–Crippen MR) is 105 cm³/mol. The molecule has 3 rings (SSSR count). The van der Waals surface area contributed by atoms with Crippen molar-refractivity contribution >= 4 is 11.6 Å². The van der Waals surface area contributed by atoms with Crippen LogP contribution < -0.4 is 10.1 Å². The molecular weight excluding hydrogens is 338 g/mol. The van der Waals surface area contributed by atoms with Crippen molar-refractivity contribution in [3.63, 3.8) is 0 Å². The van der Waals surface area contributed by atoms with Crippen LogP contribution in [-0.2, 0) is 0 Å². The number of aromatic nitrogens is 1. The highest BCUT2D eigenvalue weighted by atomic mass is 16.5. The molecule has 3 aromatic rings. The van der Waals surface area contributed by atoms with Crippen LogP contribution in [0.2, 0.25) is 0 Å². The minimum atomic E-state index is -0.313. The van der Waals surface area contributed by atoms with Crippen LogP contribution in [0.3, 0.4) is 0 Å². The Bertz CT molecular complexity index is 1040. The van der Waals surface area contributed by atoms with Crippen LogP contribution in [0, 0.1) is 25.2 Å². The Kier molecular flexibility index (Phi) is 5.18. The summed E-state index contributed by atoms with van der Waals surface area (Å²) < 4.78 is 5.29. The number of anilines is 1. The summed E-state index contributed by atoms with van der Waals surface area (Å²) in [6.45, 7) is 3.66. The van der Waals surface area contributed by atoms with E-state index in [4.69, 9.17) is 4.74 Å². The van der Waals surface area contributed by atoms with Gasteiger partial charge in [0.2, 0.25) is 5.88 Å². The predicted octanol–water partition coefficient (Wildman–Crippen LogP) is 4.50. The molecule has 0 aliphatic carbocycles. The zero-order valence-corrected chi connectivity index (χ0v) is 15.4. The Morgan fingerprint density at radius 2 is 1.74 bits per heavy atom. The number of carbonyl (C=O) groups is 1. The lowest BCUT2D eigenvalue weighted by Crippen LogP contribution is -2.17. The number of methoxy groups -OCH3 is 1. The molecule has 0 spiro atoms. The Balaban J connectivity index is 2.21. The van der Waals surface area contributed by atoms with Gasteiger partial charge in [0, 0.05) is 11.3 Å². The van der Waals surface area contributed by atoms with E-state index in [0.717, 1.165) is 16.8 Å². The molecule has 1 N–H and O–H groups in total. The summed E-state index contributed by atoms with van der Waals surface area (Å²) in [7, 11) is 1.46. The third kappa shape index (κ3) is 3.51. The lowest BCUT2D eigenvalue weighted by Gasteiger charge is -2.17. The molecule has 0 saturated heterocycles. The van der Waals surface area contributed by atoms with Gasteiger partial charge in [-0.25, -0.2) is 4.98 Å². The van der Waals surface area contributed by atoms with E-state index in [0.29, 0.717) is 16.8 Å². The standard InChI is InChI=1S/C22H19N3O2/c1-14-9-7-8-12-18(14)25-21(26)19-15(2)24-22(27-3)17(13-23)20(19)16-10-5-4-6-11-16/h4-12H,1-3H3,(H,25,26). The zero-order chi connectivity index (χ0) is 19.4. The lowest BCUT2D eigenvalue weighted by atomic mass is 9.94. The van der Waals surface area contributed by atoms with Crippen molar-refractivity contribution in [1.29, 1.82) is 5.26 Å². The molecule has 0 saturated carbocycles. The molecule has 0 aliphatic rings. The molecule has 0 unspecified atom stereocenters. The number of rotatable bonds is 4. The maximum Gasteiger partial charge on any atom is 0.258 e. The topological polar surface area (TPSA) is 75.0 Å². The van der Waals surface area contributed by atoms with E-state index >= 15 is 0 Å². The van der Waals surface area contributed by atoms with Crippen LogP contribution in [0.4, 0.5) is 5.69 Å². The fraction of sp³-hybridized carbons (Fsp3) is 0.136. The van der Waals surface area contributed by atoms with Crippen molar-refractivity contribution in [2.24, 2.45) is 0 Å². The molecule has 1 aromatic heterocycles. The molecular formula is C22H19N3O2. The van der Waals surface area contributed by atoms with E-state index in [1.54, 1.807) is 6.92 Å². The number of pyridine rings is 1. The highest BCUT2D eigenvalue weighted by Crippen LogP contribution is 2.34. The van der Waals surface area contributed by atoms with E-state index in [1.807, 2.05) is 61.5 Å². The molecule has 5 nitrogen and oxygen atoms in total. The van der Waals surface area contributed by atoms with Gasteiger partial charge in [0.25, 0.3) is 5.91 Å². The number of aryl methyl sites for hydroxylation is 2. The molecule has 0 aliphatic heterocycles. The van der Waals surface area contributed by atoms with Gasteiger partial charge in [0.1, 0.15) is 11.6 Å². The van der Waals surface area contributed by atoms with Crippen LogP contribution in [-0.4, -0.2) is 18.0 Å². The number of hydrogen-bond acceptors (Lipinski definition) is 4. The average Bonchev–Trinajstić information content (AvgIpc) is 2.69. The van der Waals surface area contributed by atoms with E-state index in [1.165, 1.54) is 7.11 Å². The third-order valence-corrected chi connectivity index (χ3v) is 4.33. The first-order valence-corrected chi connectivity index (χ1v) is 8.48. The summed E-state index contributed by atoms with van der Waals surface area (Å²) >= 11 is 0. The molecule has 0 bridgehead atoms. The number of carbonyl (C=O) groups excluding carboxylic acids is 1. The SMILES string of the molecule is COc1nc(C)c(C(=O)Nc2ccccc2C)c(-c2ccccc2)c1C#N. The van der Waals surface area contributed by atoms with Crippen molar-refractivity contribution in [2.75, 3.05) is 12.4 Å². The van der Waals surface area contributed by atoms with Crippen LogP contribution in [0.5, 0.6) is 5.88 Å². The first-order valence-electron chi connectivity index (χ1n) is 8.48. The third-order valence-electron chi connectivity index (χ3n) is 4.33. The van der Waals surface area contributed by atoms with Crippen molar-refractivity contribution in [1.82, 2.24) is 4.98 Å². The number of ether oxygens (including phenoxy) is 1. The van der Waals surface area contributed by atoms with Crippen LogP contribution in [0.1, 0.15) is 27.2 Å². The highest BCUT2D eigenvalue weighted by Gasteiger charge is 2.24. The average molecular weight is 357 g/mol. The summed E-state index contributed by atoms with van der Waals surface area (Å²) in [5.41, 5.74) is 4.05. The fourth-order valence-corrected chi connectivity index (χ4v) is 3.00. The number of hydrogen-bond donors (Lipinski definition) is 1. The summed E-state index contributed by atoms with van der Waals surface area (Å²) in [5, 5.41) is 12.7. The maximum absolute atomic E-state index is 13.1. The summed E-state index contributed by atoms with van der Waals surface area (Å²) in [6, 6.07) is 19.0. The van der Waals surface area contributed by atoms with E-state index in [2.05, 4.69) is 16.4 Å². The summed E-state index contributed by atoms with van der Waals surface area (Å²) in [5.74, 6) is -0.103. The number of nitrogens with zero attached hydrogens (tertiary/aromatic N) is 2. The first-order chi connectivity index (χ1) is 13.1. The molecule has 1 amide bonds. The highest BCUT2D eigenvalue weighted by molar-refractivity contribution is 6.10. The Labute approximate surface area is 158 Å². The summed E-state index contributed by atoms with van der Waals surface area (Å²) in [6.07, 6.45) is 0. The molecule has 27 heavy (non-hydrogen) atoms. The first kappa shape index (κ1) is 18.2. The molecule has 0 fully saturated rings. The molecule has 1 heterocycles. The van der Waals surface area contributed by atoms with Crippen LogP contribution in [0.25, 0.3) is 11.1 Å². The number of para-hydroxylation sites is 1. The van der Waals surface area contributed by atoms with Crippen molar-refractivity contribution < 1.29 is 9.53 Å². The quantitative estimate of drug-likeness (QED) is 0.746. The van der Waals surface area contributed by atoms with E-state index in [9.17, 15) is 10.1 Å². The zero-order valence-electron chi connectivity index (χ0n) is 15.4. The van der Waals surface area contributed by atoms with Crippen molar-refractivity contribution in [2.45, 2.75) is 13.8 Å². The number of benzene rings is 2. The van der Waals surface area contributed by atoms with Gasteiger partial charge in [-0.05, 0) is 31.0 Å². The largest absolute Gasteiger partial charge is 0.480 e. The van der Waals surface area contributed by atoms with Crippen LogP contribution >= 0.6 is 0 Å². The Morgan fingerprint density at radius 1 is 1.07 bits per heavy atom. The summed E-state index contributed by atoms with van der Waals surface area (Å²) in [4.78, 5) is 17.5. The van der Waals surface area contributed by atoms with Crippen LogP contribution in [0.15, 0.2) is 54.6 Å². The van der Waals surface area contributed by atoms with E-state index < -0.39 is 0 Å². The second-order valence-electron chi connectivity index (χ2n) is 6.08. The maximum atomic E-state index is 13.1. The van der Waals surface area contributed by atoms with Gasteiger partial charge >= 0.3 is 0 Å². The fourth-order valence-electron chi connectivity index (χ4n) is 3.00. The molecule has 2 aromatic carbocycles. The molecule has 5 heteroatoms. The van der Waals surface area contributed by atoms with Gasteiger partial charge in [0.05, 0.1) is 18.4 Å². The Morgan fingerprint density at radius 3 is 2.37 bits per heavy atom. The monoisotopic (exact) mass is 357 g/mol. The molecule has 0 radical (unpaired) electrons. The van der Waals surface area contributed by atoms with Crippen molar-refractivity contribution in [3.05, 3.63) is 77.0 Å². The van der Waals surface area contributed by atoms with Gasteiger partial charge in [-0.2, -0.15) is 5.26 Å². The van der Waals surface area contributed by atoms with Gasteiger partial charge in [0.15, 0.2) is 0 Å². The van der Waals surface area contributed by atoms with E-state index in [-0.39, 0.29) is 17.4 Å². The second-order valence-corrected chi connectivity index (χ2v) is 6.08. The molecule has 134 valence electrons. The molecule has 0 atom stereocenters. The number of amides is 1. The van der Waals surface area contributed by atoms with Gasteiger partial charge in [-0.1, -0.05) is 48.5 Å². The van der Waals surface area contributed by atoms with Gasteiger partial charge < -0.3 is 10.1 Å². The smallest absolute Gasteiger partial charge is 0.258 e. The van der Waals surface area contributed by atoms with Crippen molar-refractivity contribution in [3.8, 4) is 23.1 Å². The lowest BCUT2D eigenvalue weighted by molar-refractivity contribution is 0.102. The minimum Gasteiger partial charge on any atom is -0.480 e. The normalized spacial score (nSPS) is 10.1. The Hall–Kier alpha value is -3.65. The number of nitrogens with one attached hydrogen (secondary N) is 1.